The van der Waals surface area contributed by atoms with Gasteiger partial charge in [0.15, 0.2) is 5.65 Å². The summed E-state index contributed by atoms with van der Waals surface area (Å²) in [4.78, 5) is 39.5. The molecule has 1 amide bonds. The Hall–Kier alpha value is -5.64. The molecule has 2 N–H and O–H groups in total. The maximum atomic E-state index is 14.4. The zero-order chi connectivity index (χ0) is 32.7. The van der Waals surface area contributed by atoms with E-state index in [2.05, 4.69) is 37.2 Å². The van der Waals surface area contributed by atoms with Crippen molar-refractivity contribution in [2.45, 2.75) is 25.8 Å². The highest BCUT2D eigenvalue weighted by molar-refractivity contribution is 6.01. The molecule has 7 rings (SSSR count). The summed E-state index contributed by atoms with van der Waals surface area (Å²) in [6.07, 6.45) is 5.11. The van der Waals surface area contributed by atoms with Crippen LogP contribution in [0.3, 0.4) is 0 Å². The summed E-state index contributed by atoms with van der Waals surface area (Å²) in [7, 11) is 1.91. The van der Waals surface area contributed by atoms with E-state index in [0.29, 0.717) is 51.4 Å². The van der Waals surface area contributed by atoms with E-state index in [-0.39, 0.29) is 24.0 Å². The Balaban J connectivity index is 1.29. The number of fused-ring (bicyclic) bond motifs is 2. The van der Waals surface area contributed by atoms with E-state index in [1.807, 2.05) is 54.2 Å². The normalized spacial score (nSPS) is 14.1. The summed E-state index contributed by atoms with van der Waals surface area (Å²) in [6.45, 7) is 6.01. The molecule has 236 valence electrons. The van der Waals surface area contributed by atoms with Crippen molar-refractivity contribution < 1.29 is 9.90 Å². The van der Waals surface area contributed by atoms with Crippen molar-refractivity contribution in [1.29, 1.82) is 0 Å². The number of likely N-dealkylation sites (tertiary alicyclic amines) is 1. The lowest BCUT2D eigenvalue weighted by atomic mass is 9.93. The summed E-state index contributed by atoms with van der Waals surface area (Å²) < 4.78 is 4.96. The van der Waals surface area contributed by atoms with Gasteiger partial charge in [-0.1, -0.05) is 36.1 Å². The van der Waals surface area contributed by atoms with Gasteiger partial charge in [0, 0.05) is 50.6 Å². The van der Waals surface area contributed by atoms with E-state index in [4.69, 9.17) is 4.98 Å². The fourth-order valence-electron chi connectivity index (χ4n) is 6.29. The van der Waals surface area contributed by atoms with Crippen LogP contribution in [-0.4, -0.2) is 76.1 Å². The molecule has 4 aromatic heterocycles. The van der Waals surface area contributed by atoms with Gasteiger partial charge in [-0.15, -0.1) is 0 Å². The molecule has 2 aromatic carbocycles. The van der Waals surface area contributed by atoms with Gasteiger partial charge in [0.1, 0.15) is 11.4 Å². The quantitative estimate of drug-likeness (QED) is 0.258. The van der Waals surface area contributed by atoms with E-state index in [9.17, 15) is 14.7 Å². The first-order valence-electron chi connectivity index (χ1n) is 15.4. The number of rotatable bonds is 7. The molecule has 12 nitrogen and oxygen atoms in total. The topological polar surface area (TPSA) is 135 Å². The summed E-state index contributed by atoms with van der Waals surface area (Å²) in [5, 5.41) is 21.6. The lowest BCUT2D eigenvalue weighted by Crippen LogP contribution is -2.47. The Morgan fingerprint density at radius 1 is 1.09 bits per heavy atom. The second-order valence-corrected chi connectivity index (χ2v) is 11.7. The number of carbonyl (C=O) groups is 1. The second-order valence-electron chi connectivity index (χ2n) is 11.7. The molecule has 1 fully saturated rings. The molecular formula is C35H33N9O3. The fraction of sp³-hybridized carbons (Fsp3) is 0.257. The Labute approximate surface area is 270 Å². The first-order chi connectivity index (χ1) is 22.8. The molecule has 1 atom stereocenters. The molecule has 12 heteroatoms. The van der Waals surface area contributed by atoms with Crippen molar-refractivity contribution in [1.82, 2.24) is 44.1 Å². The minimum absolute atomic E-state index is 0.131. The average molecular weight is 628 g/mol. The minimum Gasteiger partial charge on any atom is -0.395 e. The number of β-amino-alcohol motifs (C(OH)–C–C–N with tert-alkyl or cyclic N) is 1. The zero-order valence-electron chi connectivity index (χ0n) is 26.3. The van der Waals surface area contributed by atoms with Crippen LogP contribution in [0.5, 0.6) is 0 Å². The van der Waals surface area contributed by atoms with Gasteiger partial charge in [-0.2, -0.15) is 10.2 Å². The van der Waals surface area contributed by atoms with Crippen LogP contribution in [0.25, 0.3) is 22.2 Å². The third-order valence-electron chi connectivity index (χ3n) is 8.55. The van der Waals surface area contributed by atoms with Gasteiger partial charge in [0.25, 0.3) is 11.5 Å². The highest BCUT2D eigenvalue weighted by Crippen LogP contribution is 2.29. The van der Waals surface area contributed by atoms with Crippen LogP contribution in [0.15, 0.2) is 78.0 Å². The van der Waals surface area contributed by atoms with Gasteiger partial charge in [0.2, 0.25) is 0 Å². The summed E-state index contributed by atoms with van der Waals surface area (Å²) in [5.74, 6) is 6.80. The third kappa shape index (κ3) is 5.45. The molecule has 0 aliphatic carbocycles. The number of nitrogens with one attached hydrogen (secondary N) is 1. The van der Waals surface area contributed by atoms with Crippen LogP contribution in [0.2, 0.25) is 0 Å². The molecule has 0 spiro atoms. The number of aryl methyl sites for hydroxylation is 2. The maximum absolute atomic E-state index is 14.4. The number of para-hydroxylation sites is 1. The van der Waals surface area contributed by atoms with Crippen molar-refractivity contribution in [2.24, 2.45) is 7.05 Å². The van der Waals surface area contributed by atoms with Gasteiger partial charge >= 0.3 is 0 Å². The largest absolute Gasteiger partial charge is 0.395 e. The molecule has 5 heterocycles. The van der Waals surface area contributed by atoms with E-state index in [1.165, 1.54) is 0 Å². The molecule has 0 unspecified atom stereocenters. The number of hydrogen-bond acceptors (Lipinski definition) is 8. The van der Waals surface area contributed by atoms with Gasteiger partial charge in [-0.25, -0.2) is 14.5 Å². The van der Waals surface area contributed by atoms with Crippen molar-refractivity contribution in [3.05, 3.63) is 117 Å². The van der Waals surface area contributed by atoms with Crippen molar-refractivity contribution in [3.8, 4) is 17.5 Å². The average Bonchev–Trinajstić information content (AvgIpc) is 3.59. The standard InChI is InChI=1S/C35H33N9O3/c1-22-29(33-36-15-8-16-43(33)40-22)34(46)38-23(2)32-39-28-12-7-9-24(30(28)35(47)44(32)27-10-5-4-6-11-27)13-14-25-19-37-41(3)31(25)26-20-42(21-26)17-18-45/h4-12,15-16,19,23,26,45H,17-18,20-21H2,1-3H3,(H,38,46)/t23-/m0/s1. The molecule has 1 aliphatic heterocycles. The second kappa shape index (κ2) is 12.3. The van der Waals surface area contributed by atoms with Crippen LogP contribution in [-0.2, 0) is 7.05 Å². The molecule has 0 bridgehead atoms. The molecule has 47 heavy (non-hydrogen) atoms. The van der Waals surface area contributed by atoms with Gasteiger partial charge in [-0.05, 0) is 44.2 Å². The summed E-state index contributed by atoms with van der Waals surface area (Å²) in [5.41, 5.74) is 4.54. The van der Waals surface area contributed by atoms with Crippen LogP contribution in [0.1, 0.15) is 57.6 Å². The molecule has 0 radical (unpaired) electrons. The van der Waals surface area contributed by atoms with Crippen LogP contribution < -0.4 is 10.9 Å². The number of aliphatic hydroxyl groups is 1. The predicted molar refractivity (Wildman–Crippen MR) is 176 cm³/mol. The Kier molecular flexibility index (Phi) is 7.85. The molecule has 6 aromatic rings. The van der Waals surface area contributed by atoms with Crippen molar-refractivity contribution in [2.75, 3.05) is 26.2 Å². The highest BCUT2D eigenvalue weighted by atomic mass is 16.3. The van der Waals surface area contributed by atoms with E-state index < -0.39 is 6.04 Å². The maximum Gasteiger partial charge on any atom is 0.267 e. The predicted octanol–water partition coefficient (Wildman–Crippen LogP) is 2.75. The first kappa shape index (κ1) is 30.0. The summed E-state index contributed by atoms with van der Waals surface area (Å²) in [6, 6.07) is 15.8. The lowest BCUT2D eigenvalue weighted by Gasteiger charge is -2.39. The Morgan fingerprint density at radius 2 is 1.87 bits per heavy atom. The SMILES string of the molecule is Cc1nn2cccnc2c1C(=O)N[C@@H](C)c1nc2cccc(C#Cc3cnn(C)c3C3CN(CCO)C3)c2c(=O)n1-c1ccccc1. The van der Waals surface area contributed by atoms with Crippen molar-refractivity contribution in [3.63, 3.8) is 0 Å². The van der Waals surface area contributed by atoms with Crippen LogP contribution in [0.4, 0.5) is 0 Å². The van der Waals surface area contributed by atoms with E-state index in [0.717, 1.165) is 24.3 Å². The zero-order valence-corrected chi connectivity index (χ0v) is 26.3. The number of amides is 1. The van der Waals surface area contributed by atoms with Gasteiger partial charge in [-0.3, -0.25) is 23.7 Å². The third-order valence-corrected chi connectivity index (χ3v) is 8.55. The van der Waals surface area contributed by atoms with E-state index in [1.54, 1.807) is 53.7 Å². The first-order valence-corrected chi connectivity index (χ1v) is 15.4. The Morgan fingerprint density at radius 3 is 2.66 bits per heavy atom. The number of benzene rings is 2. The number of nitrogens with zero attached hydrogens (tertiary/aromatic N) is 8. The van der Waals surface area contributed by atoms with E-state index >= 15 is 0 Å². The lowest BCUT2D eigenvalue weighted by molar-refractivity contribution is 0.0938. The number of carbonyl (C=O) groups excluding carboxylic acids is 1. The number of hydrogen-bond donors (Lipinski definition) is 2. The smallest absolute Gasteiger partial charge is 0.267 e. The molecule has 1 saturated heterocycles. The summed E-state index contributed by atoms with van der Waals surface area (Å²) >= 11 is 0. The van der Waals surface area contributed by atoms with Crippen LogP contribution in [0, 0.1) is 18.8 Å². The minimum atomic E-state index is -0.654. The Bertz CT molecular complexity index is 2250. The highest BCUT2D eigenvalue weighted by Gasteiger charge is 2.31. The van der Waals surface area contributed by atoms with Gasteiger partial charge in [0.05, 0.1) is 52.4 Å². The molecule has 1 aliphatic rings. The van der Waals surface area contributed by atoms with Crippen molar-refractivity contribution >= 4 is 22.5 Å². The molecule has 0 saturated carbocycles. The van der Waals surface area contributed by atoms with Crippen LogP contribution >= 0.6 is 0 Å². The number of aromatic nitrogens is 7. The monoisotopic (exact) mass is 627 g/mol. The van der Waals surface area contributed by atoms with Gasteiger partial charge < -0.3 is 10.4 Å². The number of aliphatic hydroxyl groups excluding tert-OH is 1. The fourth-order valence-corrected chi connectivity index (χ4v) is 6.29. The molecular weight excluding hydrogens is 594 g/mol.